The van der Waals surface area contributed by atoms with E-state index in [1.165, 1.54) is 12.1 Å². The fraction of sp³-hybridized carbons (Fsp3) is 0.118. The Morgan fingerprint density at radius 2 is 1.95 bits per heavy atom. The van der Waals surface area contributed by atoms with Crippen LogP contribution in [0.1, 0.15) is 17.2 Å². The smallest absolute Gasteiger partial charge is 0.124 e. The molecule has 1 aromatic heterocycles. The first-order valence-corrected chi connectivity index (χ1v) is 7.47. The fourth-order valence-corrected chi connectivity index (χ4v) is 2.97. The zero-order chi connectivity index (χ0) is 14.8. The van der Waals surface area contributed by atoms with Crippen LogP contribution in [0.4, 0.5) is 4.39 Å². The third-order valence-corrected chi connectivity index (χ3v) is 4.26. The van der Waals surface area contributed by atoms with Crippen molar-refractivity contribution in [3.63, 3.8) is 0 Å². The largest absolute Gasteiger partial charge is 0.324 e. The summed E-state index contributed by atoms with van der Waals surface area (Å²) in [6.07, 6.45) is 2.39. The van der Waals surface area contributed by atoms with E-state index in [1.54, 1.807) is 12.3 Å². The molecule has 106 valence electrons. The van der Waals surface area contributed by atoms with Crippen LogP contribution in [0.5, 0.6) is 0 Å². The van der Waals surface area contributed by atoms with Gasteiger partial charge in [0.2, 0.25) is 0 Å². The zero-order valence-corrected chi connectivity index (χ0v) is 12.8. The molecule has 0 aliphatic carbocycles. The Morgan fingerprint density at radius 1 is 1.14 bits per heavy atom. The van der Waals surface area contributed by atoms with Crippen LogP contribution >= 0.6 is 15.9 Å². The SMILES string of the molecule is NC(Cc1ccc(F)cc1Br)c1cccc2cccnc12. The Bertz CT molecular complexity index is 783. The van der Waals surface area contributed by atoms with E-state index in [9.17, 15) is 4.39 Å². The zero-order valence-electron chi connectivity index (χ0n) is 11.3. The summed E-state index contributed by atoms with van der Waals surface area (Å²) < 4.78 is 13.9. The predicted molar refractivity (Wildman–Crippen MR) is 86.5 cm³/mol. The Labute approximate surface area is 130 Å². The van der Waals surface area contributed by atoms with E-state index in [1.807, 2.05) is 30.3 Å². The van der Waals surface area contributed by atoms with Crippen molar-refractivity contribution in [3.05, 3.63) is 76.1 Å². The maximum Gasteiger partial charge on any atom is 0.124 e. The maximum absolute atomic E-state index is 13.1. The van der Waals surface area contributed by atoms with Crippen LogP contribution < -0.4 is 5.73 Å². The highest BCUT2D eigenvalue weighted by Crippen LogP contribution is 2.26. The van der Waals surface area contributed by atoms with Crippen LogP contribution in [-0.4, -0.2) is 4.98 Å². The molecule has 1 atom stereocenters. The number of pyridine rings is 1. The van der Waals surface area contributed by atoms with Gasteiger partial charge in [0, 0.05) is 22.1 Å². The minimum absolute atomic E-state index is 0.189. The van der Waals surface area contributed by atoms with Crippen molar-refractivity contribution in [3.8, 4) is 0 Å². The molecule has 0 saturated carbocycles. The summed E-state index contributed by atoms with van der Waals surface area (Å²) in [4.78, 5) is 4.43. The van der Waals surface area contributed by atoms with Crippen molar-refractivity contribution in [1.29, 1.82) is 0 Å². The number of hydrogen-bond acceptors (Lipinski definition) is 2. The molecule has 0 saturated heterocycles. The molecule has 1 heterocycles. The average molecular weight is 345 g/mol. The molecule has 0 fully saturated rings. The molecule has 4 heteroatoms. The van der Waals surface area contributed by atoms with E-state index in [4.69, 9.17) is 5.73 Å². The van der Waals surface area contributed by atoms with Crippen molar-refractivity contribution in [2.75, 3.05) is 0 Å². The summed E-state index contributed by atoms with van der Waals surface area (Å²) in [5.74, 6) is -0.258. The number of fused-ring (bicyclic) bond motifs is 1. The second kappa shape index (κ2) is 5.92. The van der Waals surface area contributed by atoms with Gasteiger partial charge in [-0.3, -0.25) is 4.98 Å². The molecule has 1 unspecified atom stereocenters. The number of aromatic nitrogens is 1. The van der Waals surface area contributed by atoms with Crippen molar-refractivity contribution < 1.29 is 4.39 Å². The first kappa shape index (κ1) is 14.2. The van der Waals surface area contributed by atoms with Gasteiger partial charge in [-0.2, -0.15) is 0 Å². The first-order chi connectivity index (χ1) is 10.1. The van der Waals surface area contributed by atoms with Crippen LogP contribution in [0.15, 0.2) is 59.2 Å². The number of para-hydroxylation sites is 1. The summed E-state index contributed by atoms with van der Waals surface area (Å²) in [7, 11) is 0. The van der Waals surface area contributed by atoms with Gasteiger partial charge < -0.3 is 5.73 Å². The molecule has 2 nitrogen and oxygen atoms in total. The molecular weight excluding hydrogens is 331 g/mol. The van der Waals surface area contributed by atoms with Crippen molar-refractivity contribution in [1.82, 2.24) is 4.98 Å². The molecule has 0 bridgehead atoms. The van der Waals surface area contributed by atoms with Gasteiger partial charge in [0.05, 0.1) is 5.52 Å². The maximum atomic E-state index is 13.1. The lowest BCUT2D eigenvalue weighted by atomic mass is 9.97. The van der Waals surface area contributed by atoms with Gasteiger partial charge in [0.15, 0.2) is 0 Å². The summed E-state index contributed by atoms with van der Waals surface area (Å²) in [5, 5.41) is 1.07. The second-order valence-corrected chi connectivity index (χ2v) is 5.82. The highest BCUT2D eigenvalue weighted by molar-refractivity contribution is 9.10. The molecule has 2 aromatic carbocycles. The highest BCUT2D eigenvalue weighted by Gasteiger charge is 2.13. The van der Waals surface area contributed by atoms with Gasteiger partial charge in [0.1, 0.15) is 5.82 Å². The summed E-state index contributed by atoms with van der Waals surface area (Å²) in [6, 6.07) is 14.4. The van der Waals surface area contributed by atoms with Crippen LogP contribution in [0.3, 0.4) is 0 Å². The minimum atomic E-state index is -0.258. The number of halogens is 2. The lowest BCUT2D eigenvalue weighted by Gasteiger charge is -2.15. The monoisotopic (exact) mass is 344 g/mol. The standard InChI is InChI=1S/C17H14BrFN2/c18-15-10-13(19)7-6-12(15)9-16(20)14-5-1-3-11-4-2-8-21-17(11)14/h1-8,10,16H,9,20H2. The van der Waals surface area contributed by atoms with Gasteiger partial charge in [0.25, 0.3) is 0 Å². The fourth-order valence-electron chi connectivity index (χ4n) is 2.46. The third kappa shape index (κ3) is 2.96. The molecule has 3 rings (SSSR count). The molecular formula is C17H14BrFN2. The predicted octanol–water partition coefficient (Wildman–Crippen LogP) is 4.38. The van der Waals surface area contributed by atoms with Gasteiger partial charge in [-0.15, -0.1) is 0 Å². The van der Waals surface area contributed by atoms with Gasteiger partial charge in [-0.1, -0.05) is 46.3 Å². The Hall–Kier alpha value is -1.78. The first-order valence-electron chi connectivity index (χ1n) is 6.68. The van der Waals surface area contributed by atoms with Crippen LogP contribution in [-0.2, 0) is 6.42 Å². The van der Waals surface area contributed by atoms with E-state index in [0.29, 0.717) is 6.42 Å². The van der Waals surface area contributed by atoms with Crippen molar-refractivity contribution in [2.24, 2.45) is 5.73 Å². The molecule has 0 aliphatic heterocycles. The molecule has 0 radical (unpaired) electrons. The number of hydrogen-bond donors (Lipinski definition) is 1. The van der Waals surface area contributed by atoms with E-state index >= 15 is 0 Å². The van der Waals surface area contributed by atoms with Crippen molar-refractivity contribution in [2.45, 2.75) is 12.5 Å². The Balaban J connectivity index is 1.95. The molecule has 21 heavy (non-hydrogen) atoms. The van der Waals surface area contributed by atoms with Crippen molar-refractivity contribution >= 4 is 26.8 Å². The Kier molecular flexibility index (Phi) is 3.99. The number of nitrogens with zero attached hydrogens (tertiary/aromatic N) is 1. The number of nitrogens with two attached hydrogens (primary N) is 1. The molecule has 0 spiro atoms. The summed E-state index contributed by atoms with van der Waals surface area (Å²) in [6.45, 7) is 0. The molecule has 3 aromatic rings. The van der Waals surface area contributed by atoms with Crippen LogP contribution in [0.2, 0.25) is 0 Å². The number of rotatable bonds is 3. The van der Waals surface area contributed by atoms with E-state index in [-0.39, 0.29) is 11.9 Å². The second-order valence-electron chi connectivity index (χ2n) is 4.97. The quantitative estimate of drug-likeness (QED) is 0.765. The van der Waals surface area contributed by atoms with Crippen LogP contribution in [0, 0.1) is 5.82 Å². The van der Waals surface area contributed by atoms with E-state index < -0.39 is 0 Å². The van der Waals surface area contributed by atoms with Gasteiger partial charge in [-0.25, -0.2) is 4.39 Å². The summed E-state index contributed by atoms with van der Waals surface area (Å²) in [5.41, 5.74) is 9.25. The van der Waals surface area contributed by atoms with Gasteiger partial charge >= 0.3 is 0 Å². The molecule has 0 aliphatic rings. The lowest BCUT2D eigenvalue weighted by molar-refractivity contribution is 0.624. The third-order valence-electron chi connectivity index (χ3n) is 3.52. The van der Waals surface area contributed by atoms with Gasteiger partial charge in [-0.05, 0) is 35.7 Å². The average Bonchev–Trinajstić information content (AvgIpc) is 2.49. The Morgan fingerprint density at radius 3 is 2.76 bits per heavy atom. The lowest BCUT2D eigenvalue weighted by Crippen LogP contribution is -2.14. The van der Waals surface area contributed by atoms with E-state index in [2.05, 4.69) is 20.9 Å². The topological polar surface area (TPSA) is 38.9 Å². The van der Waals surface area contributed by atoms with E-state index in [0.717, 1.165) is 26.5 Å². The summed E-state index contributed by atoms with van der Waals surface area (Å²) >= 11 is 3.39. The minimum Gasteiger partial charge on any atom is -0.324 e. The highest BCUT2D eigenvalue weighted by atomic mass is 79.9. The van der Waals surface area contributed by atoms with Crippen LogP contribution in [0.25, 0.3) is 10.9 Å². The molecule has 2 N–H and O–H groups in total. The normalized spacial score (nSPS) is 12.5. The molecule has 0 amide bonds. The number of benzene rings is 2.